The predicted octanol–water partition coefficient (Wildman–Crippen LogP) is 0.503. The molecule has 1 unspecified atom stereocenters. The summed E-state index contributed by atoms with van der Waals surface area (Å²) in [5.41, 5.74) is 6.78. The third kappa shape index (κ3) is 9.97. The van der Waals surface area contributed by atoms with E-state index in [0.29, 0.717) is 54.8 Å². The maximum absolute atomic E-state index is 12.7. The Hall–Kier alpha value is -4.65. The highest BCUT2D eigenvalue weighted by Gasteiger charge is 2.24. The molecule has 1 atom stereocenters. The first-order valence-corrected chi connectivity index (χ1v) is 12.5. The minimum absolute atomic E-state index is 0.305. The van der Waals surface area contributed by atoms with Crippen molar-refractivity contribution in [3.8, 4) is 5.75 Å². The normalized spacial score (nSPS) is 13.2. The third-order valence-corrected chi connectivity index (χ3v) is 5.46. The fourth-order valence-corrected chi connectivity index (χ4v) is 3.52. The Morgan fingerprint density at radius 3 is 2.59 bits per heavy atom. The number of ether oxygens (including phenoxy) is 1. The van der Waals surface area contributed by atoms with Gasteiger partial charge in [-0.15, -0.1) is 0 Å². The zero-order valence-corrected chi connectivity index (χ0v) is 21.4. The van der Waals surface area contributed by atoms with Crippen LogP contribution in [0.5, 0.6) is 5.75 Å². The Bertz CT molecular complexity index is 1190. The average Bonchev–Trinajstić information content (AvgIpc) is 2.93. The molecule has 13 heteroatoms. The molecule has 0 radical (unpaired) electrons. The van der Waals surface area contributed by atoms with Crippen molar-refractivity contribution in [1.29, 1.82) is 0 Å². The highest BCUT2D eigenvalue weighted by Crippen LogP contribution is 2.16. The molecule has 3 rings (SSSR count). The van der Waals surface area contributed by atoms with Crippen molar-refractivity contribution in [2.75, 3.05) is 43.4 Å². The average molecular weight is 540 g/mol. The van der Waals surface area contributed by atoms with Gasteiger partial charge in [0.15, 0.2) is 5.96 Å². The summed E-state index contributed by atoms with van der Waals surface area (Å²) in [6, 6.07) is 11.8. The van der Waals surface area contributed by atoms with Gasteiger partial charge in [-0.1, -0.05) is 6.07 Å². The second-order valence-corrected chi connectivity index (χ2v) is 8.62. The second-order valence-electron chi connectivity index (χ2n) is 8.62. The fourth-order valence-electron chi connectivity index (χ4n) is 3.52. The van der Waals surface area contributed by atoms with Crippen molar-refractivity contribution < 1.29 is 29.0 Å². The van der Waals surface area contributed by atoms with Crippen molar-refractivity contribution in [1.82, 2.24) is 16.0 Å². The molecule has 8 N–H and O–H groups in total. The van der Waals surface area contributed by atoms with Crippen LogP contribution in [-0.2, 0) is 14.4 Å². The number of carboxylic acid groups (broad SMARTS) is 1. The molecule has 0 saturated carbocycles. The number of hydrogen-bond acceptors (Lipinski definition) is 9. The molecule has 1 aliphatic rings. The molecule has 0 aliphatic carbocycles. The van der Waals surface area contributed by atoms with E-state index in [4.69, 9.17) is 10.5 Å². The molecule has 13 nitrogen and oxygen atoms in total. The summed E-state index contributed by atoms with van der Waals surface area (Å²) in [6.45, 7) is 2.03. The van der Waals surface area contributed by atoms with E-state index in [1.807, 2.05) is 0 Å². The van der Waals surface area contributed by atoms with Crippen molar-refractivity contribution in [3.05, 3.63) is 54.1 Å². The summed E-state index contributed by atoms with van der Waals surface area (Å²) >= 11 is 0. The van der Waals surface area contributed by atoms with E-state index in [-0.39, 0.29) is 0 Å². The van der Waals surface area contributed by atoms with Gasteiger partial charge in [0.1, 0.15) is 11.8 Å². The highest BCUT2D eigenvalue weighted by molar-refractivity contribution is 6.01. The van der Waals surface area contributed by atoms with Gasteiger partial charge in [-0.2, -0.15) is 0 Å². The Morgan fingerprint density at radius 2 is 1.90 bits per heavy atom. The maximum Gasteiger partial charge on any atom is 0.305 e. The zero-order valence-electron chi connectivity index (χ0n) is 21.4. The number of rotatable bonds is 13. The van der Waals surface area contributed by atoms with Crippen LogP contribution in [0, 0.1) is 0 Å². The Labute approximate surface area is 225 Å². The van der Waals surface area contributed by atoms with Gasteiger partial charge in [0.25, 0.3) is 5.91 Å². The van der Waals surface area contributed by atoms with Gasteiger partial charge in [-0.05, 0) is 61.9 Å². The third-order valence-electron chi connectivity index (χ3n) is 5.46. The number of hydrogen-bond donors (Lipinski definition) is 7. The SMILES string of the molecule is NCCCOc1ccc(NC(=O)C(CC(=O)O)NC(=O)CNC(=O)c2cccc(NC3=NCCCN3)c2)cc1. The van der Waals surface area contributed by atoms with Crippen LogP contribution in [0.15, 0.2) is 53.5 Å². The number of nitrogens with two attached hydrogens (primary N) is 1. The highest BCUT2D eigenvalue weighted by atomic mass is 16.5. The van der Waals surface area contributed by atoms with Crippen LogP contribution >= 0.6 is 0 Å². The van der Waals surface area contributed by atoms with Gasteiger partial charge in [-0.25, -0.2) is 0 Å². The van der Waals surface area contributed by atoms with Gasteiger partial charge >= 0.3 is 5.97 Å². The number of carboxylic acids is 1. The van der Waals surface area contributed by atoms with E-state index < -0.39 is 42.7 Å². The van der Waals surface area contributed by atoms with Gasteiger partial charge in [-0.3, -0.25) is 24.2 Å². The number of guanidine groups is 1. The number of aliphatic imine (C=N–C) groups is 1. The summed E-state index contributed by atoms with van der Waals surface area (Å²) in [5, 5.41) is 22.9. The summed E-state index contributed by atoms with van der Waals surface area (Å²) in [5.74, 6) is -2.01. The summed E-state index contributed by atoms with van der Waals surface area (Å²) in [6.07, 6.45) is 1.01. The molecule has 208 valence electrons. The summed E-state index contributed by atoms with van der Waals surface area (Å²) < 4.78 is 5.50. The molecule has 0 saturated heterocycles. The monoisotopic (exact) mass is 539 g/mol. The zero-order chi connectivity index (χ0) is 28.0. The van der Waals surface area contributed by atoms with Crippen LogP contribution in [-0.4, -0.2) is 73.6 Å². The molecule has 1 heterocycles. The van der Waals surface area contributed by atoms with E-state index in [1.54, 1.807) is 48.5 Å². The van der Waals surface area contributed by atoms with E-state index in [2.05, 4.69) is 31.6 Å². The predicted molar refractivity (Wildman–Crippen MR) is 146 cm³/mol. The van der Waals surface area contributed by atoms with Gasteiger partial charge in [0.2, 0.25) is 11.8 Å². The Kier molecular flexibility index (Phi) is 11.1. The number of nitrogens with zero attached hydrogens (tertiary/aromatic N) is 1. The first kappa shape index (κ1) is 28.9. The largest absolute Gasteiger partial charge is 0.494 e. The molecule has 1 aliphatic heterocycles. The van der Waals surface area contributed by atoms with Crippen LogP contribution in [0.2, 0.25) is 0 Å². The smallest absolute Gasteiger partial charge is 0.305 e. The molecule has 2 aromatic carbocycles. The number of anilines is 2. The lowest BCUT2D eigenvalue weighted by molar-refractivity contribution is -0.139. The maximum atomic E-state index is 12.7. The van der Waals surface area contributed by atoms with Crippen molar-refractivity contribution in [2.24, 2.45) is 10.7 Å². The Balaban J connectivity index is 1.52. The van der Waals surface area contributed by atoms with Crippen LogP contribution in [0.3, 0.4) is 0 Å². The summed E-state index contributed by atoms with van der Waals surface area (Å²) in [4.78, 5) is 53.4. The molecule has 0 fully saturated rings. The fraction of sp³-hybridized carbons (Fsp3) is 0.346. The van der Waals surface area contributed by atoms with Crippen LogP contribution in [0.4, 0.5) is 11.4 Å². The standard InChI is InChI=1S/C26H33N7O6/c27-10-2-13-39-20-8-6-18(7-9-20)31-25(38)21(15-23(35)36)33-22(34)16-30-24(37)17-4-1-5-19(14-17)32-26-28-11-3-12-29-26/h1,4-9,14,21H,2-3,10-13,15-16,27H2,(H,30,37)(H,31,38)(H,33,34)(H,35,36)(H2,28,29,32). The molecule has 3 amide bonds. The number of aliphatic carboxylic acids is 1. The molecular weight excluding hydrogens is 506 g/mol. The molecule has 39 heavy (non-hydrogen) atoms. The number of amides is 3. The van der Waals surface area contributed by atoms with Gasteiger partial charge in [0.05, 0.1) is 19.6 Å². The quantitative estimate of drug-likeness (QED) is 0.177. The van der Waals surface area contributed by atoms with Gasteiger partial charge in [0, 0.05) is 30.0 Å². The topological polar surface area (TPSA) is 196 Å². The molecule has 0 aromatic heterocycles. The van der Waals surface area contributed by atoms with Crippen LogP contribution in [0.1, 0.15) is 29.6 Å². The molecule has 0 spiro atoms. The molecule has 2 aromatic rings. The van der Waals surface area contributed by atoms with Crippen molar-refractivity contribution in [2.45, 2.75) is 25.3 Å². The van der Waals surface area contributed by atoms with E-state index in [9.17, 15) is 24.3 Å². The molecular formula is C26H33N7O6. The first-order valence-electron chi connectivity index (χ1n) is 12.5. The minimum atomic E-state index is -1.36. The van der Waals surface area contributed by atoms with Crippen LogP contribution in [0.25, 0.3) is 0 Å². The van der Waals surface area contributed by atoms with Gasteiger partial charge < -0.3 is 42.2 Å². The van der Waals surface area contributed by atoms with Crippen LogP contribution < -0.4 is 37.1 Å². The lowest BCUT2D eigenvalue weighted by Gasteiger charge is -2.17. The number of benzene rings is 2. The summed E-state index contributed by atoms with van der Waals surface area (Å²) in [7, 11) is 0. The Morgan fingerprint density at radius 1 is 1.10 bits per heavy atom. The molecule has 0 bridgehead atoms. The lowest BCUT2D eigenvalue weighted by Crippen LogP contribution is -2.48. The van der Waals surface area contributed by atoms with Crippen molar-refractivity contribution >= 4 is 41.0 Å². The van der Waals surface area contributed by atoms with E-state index in [0.717, 1.165) is 13.0 Å². The van der Waals surface area contributed by atoms with E-state index in [1.165, 1.54) is 0 Å². The first-order chi connectivity index (χ1) is 18.8. The second kappa shape index (κ2) is 14.9. The van der Waals surface area contributed by atoms with Crippen molar-refractivity contribution in [3.63, 3.8) is 0 Å². The number of carbonyl (C=O) groups excluding carboxylic acids is 3. The number of nitrogens with one attached hydrogen (secondary N) is 5. The lowest BCUT2D eigenvalue weighted by atomic mass is 10.1. The van der Waals surface area contributed by atoms with E-state index >= 15 is 0 Å². The number of carbonyl (C=O) groups is 4. The minimum Gasteiger partial charge on any atom is -0.494 e.